The first kappa shape index (κ1) is 25.1. The Morgan fingerprint density at radius 2 is 2.11 bits per heavy atom. The van der Waals surface area contributed by atoms with Crippen molar-refractivity contribution in [3.05, 3.63) is 36.1 Å². The van der Waals surface area contributed by atoms with Crippen molar-refractivity contribution >= 4 is 17.8 Å². The summed E-state index contributed by atoms with van der Waals surface area (Å²) >= 11 is 0. The first-order chi connectivity index (χ1) is 18.2. The topological polar surface area (TPSA) is 168 Å². The minimum Gasteiger partial charge on any atom is -0.444 e. The Kier molecular flexibility index (Phi) is 6.66. The van der Waals surface area contributed by atoms with Gasteiger partial charge in [-0.3, -0.25) is 9.48 Å². The molecule has 0 saturated carbocycles. The van der Waals surface area contributed by atoms with Crippen LogP contribution in [0.3, 0.4) is 0 Å². The fourth-order valence-corrected chi connectivity index (χ4v) is 4.41. The molecule has 0 aliphatic carbocycles. The number of nitrogens with zero attached hydrogens (tertiary/aromatic N) is 9. The Hall–Kier alpha value is -4.54. The van der Waals surface area contributed by atoms with Gasteiger partial charge in [0, 0.05) is 38.1 Å². The fraction of sp³-hybridized carbons (Fsp3) is 0.500. The number of hydrogen-bond acceptors (Lipinski definition) is 11. The van der Waals surface area contributed by atoms with E-state index in [4.69, 9.17) is 9.15 Å². The van der Waals surface area contributed by atoms with Crippen LogP contribution in [0.25, 0.3) is 11.5 Å². The number of pyridine rings is 1. The summed E-state index contributed by atoms with van der Waals surface area (Å²) in [6.07, 6.45) is 5.81. The van der Waals surface area contributed by atoms with E-state index < -0.39 is 17.6 Å². The maximum atomic E-state index is 13.0. The summed E-state index contributed by atoms with van der Waals surface area (Å²) in [4.78, 5) is 34.0. The van der Waals surface area contributed by atoms with E-state index in [0.717, 1.165) is 19.5 Å². The lowest BCUT2D eigenvalue weighted by Gasteiger charge is -2.32. The highest BCUT2D eigenvalue weighted by Crippen LogP contribution is 2.31. The number of aromatic nitrogens is 6. The second-order valence-corrected chi connectivity index (χ2v) is 10.3. The van der Waals surface area contributed by atoms with Gasteiger partial charge in [0.15, 0.2) is 0 Å². The van der Waals surface area contributed by atoms with Crippen molar-refractivity contribution in [1.82, 2.24) is 40.4 Å². The summed E-state index contributed by atoms with van der Waals surface area (Å²) in [5, 5.41) is 28.0. The third-order valence-corrected chi connectivity index (χ3v) is 6.25. The minimum atomic E-state index is -0.664. The number of carbonyl (C=O) groups excluding carboxylic acids is 2. The monoisotopic (exact) mass is 520 g/mol. The highest BCUT2D eigenvalue weighted by atomic mass is 16.6. The number of amides is 2. The molecule has 2 aliphatic heterocycles. The third-order valence-electron chi connectivity index (χ3n) is 6.25. The van der Waals surface area contributed by atoms with Crippen LogP contribution in [0.15, 0.2) is 29.1 Å². The van der Waals surface area contributed by atoms with Gasteiger partial charge >= 0.3 is 17.9 Å². The average molecular weight is 521 g/mol. The number of anilines is 1. The smallest absolute Gasteiger partial charge is 0.410 e. The number of carbonyl (C=O) groups is 2. The summed E-state index contributed by atoms with van der Waals surface area (Å²) in [5.74, 6) is -0.0484. The van der Waals surface area contributed by atoms with Crippen molar-refractivity contribution in [1.29, 1.82) is 5.26 Å². The van der Waals surface area contributed by atoms with E-state index in [9.17, 15) is 14.9 Å². The van der Waals surface area contributed by atoms with E-state index in [2.05, 4.69) is 36.9 Å². The van der Waals surface area contributed by atoms with E-state index in [0.29, 0.717) is 29.9 Å². The molecule has 2 aliphatic rings. The molecular weight excluding hydrogens is 492 g/mol. The second kappa shape index (κ2) is 10.1. The Bertz CT molecular complexity index is 1350. The highest BCUT2D eigenvalue weighted by molar-refractivity contribution is 5.90. The summed E-state index contributed by atoms with van der Waals surface area (Å²) in [6, 6.07) is 3.04. The quantitative estimate of drug-likeness (QED) is 0.501. The van der Waals surface area contributed by atoms with Gasteiger partial charge in [-0.1, -0.05) is 5.21 Å². The largest absolute Gasteiger partial charge is 0.444 e. The van der Waals surface area contributed by atoms with Gasteiger partial charge in [0.05, 0.1) is 29.9 Å². The first-order valence-corrected chi connectivity index (χ1v) is 12.3. The van der Waals surface area contributed by atoms with Crippen LogP contribution in [0.4, 0.5) is 10.6 Å². The van der Waals surface area contributed by atoms with Gasteiger partial charge in [-0.2, -0.15) is 5.26 Å². The van der Waals surface area contributed by atoms with Gasteiger partial charge in [-0.05, 0) is 39.7 Å². The third kappa shape index (κ3) is 5.41. The van der Waals surface area contributed by atoms with Crippen LogP contribution in [-0.2, 0) is 11.3 Å². The van der Waals surface area contributed by atoms with E-state index in [1.165, 1.54) is 6.20 Å². The van der Waals surface area contributed by atoms with Gasteiger partial charge in [0.1, 0.15) is 17.5 Å². The molecule has 1 N–H and O–H groups in total. The van der Waals surface area contributed by atoms with Crippen LogP contribution < -0.4 is 10.2 Å². The second-order valence-electron chi connectivity index (χ2n) is 10.3. The average Bonchev–Trinajstić information content (AvgIpc) is 3.59. The molecule has 2 atom stereocenters. The van der Waals surface area contributed by atoms with Gasteiger partial charge in [-0.25, -0.2) is 9.78 Å². The predicted molar refractivity (Wildman–Crippen MR) is 132 cm³/mol. The first-order valence-electron chi connectivity index (χ1n) is 12.3. The molecule has 0 bridgehead atoms. The van der Waals surface area contributed by atoms with Gasteiger partial charge in [0.25, 0.3) is 5.89 Å². The van der Waals surface area contributed by atoms with Crippen LogP contribution in [0.1, 0.15) is 49.9 Å². The molecule has 2 amide bonds. The molecule has 198 valence electrons. The van der Waals surface area contributed by atoms with Crippen molar-refractivity contribution in [2.45, 2.75) is 57.8 Å². The van der Waals surface area contributed by atoms with Crippen LogP contribution >= 0.6 is 0 Å². The molecule has 0 unspecified atom stereocenters. The molecule has 5 heterocycles. The molecule has 3 aromatic rings. The van der Waals surface area contributed by atoms with Crippen molar-refractivity contribution < 1.29 is 18.7 Å². The number of likely N-dealkylation sites (tertiary alicyclic amines) is 1. The molecule has 5 rings (SSSR count). The van der Waals surface area contributed by atoms with Gasteiger partial charge < -0.3 is 24.3 Å². The fourth-order valence-electron chi connectivity index (χ4n) is 4.41. The molecule has 14 heteroatoms. The Labute approximate surface area is 218 Å². The molecule has 2 saturated heterocycles. The summed E-state index contributed by atoms with van der Waals surface area (Å²) in [6.45, 7) is 7.71. The molecule has 0 radical (unpaired) electrons. The Morgan fingerprint density at radius 3 is 2.76 bits per heavy atom. The van der Waals surface area contributed by atoms with Crippen LogP contribution in [0.2, 0.25) is 0 Å². The van der Waals surface area contributed by atoms with Gasteiger partial charge in [0.2, 0.25) is 0 Å². The molecule has 0 aromatic carbocycles. The highest BCUT2D eigenvalue weighted by Gasteiger charge is 2.39. The number of rotatable bonds is 6. The Balaban J connectivity index is 1.31. The van der Waals surface area contributed by atoms with Crippen molar-refractivity contribution in [2.24, 2.45) is 0 Å². The lowest BCUT2D eigenvalue weighted by molar-refractivity contribution is 0.0207. The van der Waals surface area contributed by atoms with Crippen LogP contribution in [0.5, 0.6) is 0 Å². The predicted octanol–water partition coefficient (Wildman–Crippen LogP) is 1.61. The van der Waals surface area contributed by atoms with Crippen LogP contribution in [-0.4, -0.2) is 84.4 Å². The molecule has 2 fully saturated rings. The number of ether oxygens (including phenoxy) is 1. The maximum absolute atomic E-state index is 13.0. The number of hydrogen-bond donors (Lipinski definition) is 1. The summed E-state index contributed by atoms with van der Waals surface area (Å²) in [5.41, 5.74) is 0.184. The maximum Gasteiger partial charge on any atom is 0.410 e. The van der Waals surface area contributed by atoms with E-state index in [1.54, 1.807) is 48.8 Å². The van der Waals surface area contributed by atoms with E-state index in [-0.39, 0.29) is 30.4 Å². The molecule has 14 nitrogen and oxygen atoms in total. The number of nitrogens with one attached hydrogen (secondary N) is 1. The zero-order valence-corrected chi connectivity index (χ0v) is 21.4. The zero-order valence-electron chi connectivity index (χ0n) is 21.4. The molecule has 38 heavy (non-hydrogen) atoms. The molecule has 3 aromatic heterocycles. The van der Waals surface area contributed by atoms with Crippen molar-refractivity contribution in [3.8, 4) is 17.5 Å². The lowest BCUT2D eigenvalue weighted by atomic mass is 10.1. The van der Waals surface area contributed by atoms with Crippen LogP contribution in [0, 0.1) is 11.3 Å². The summed E-state index contributed by atoms with van der Waals surface area (Å²) in [7, 11) is 0. The zero-order chi connectivity index (χ0) is 26.9. The van der Waals surface area contributed by atoms with E-state index >= 15 is 0 Å². The molecule has 0 spiro atoms. The van der Waals surface area contributed by atoms with Crippen molar-refractivity contribution in [2.75, 3.05) is 24.5 Å². The normalized spacial score (nSPS) is 19.1. The van der Waals surface area contributed by atoms with Crippen molar-refractivity contribution in [3.63, 3.8) is 0 Å². The number of nitriles is 1. The summed E-state index contributed by atoms with van der Waals surface area (Å²) < 4.78 is 12.9. The standard InChI is InChI=1S/C24H28N10O4/c1-24(2,3)38-23(36)34-13-16(10-17(34)14-33-8-5-27-31-33)28-20(35)22-30-29-21(37-22)18-9-15(11-25)12-26-19(18)32-6-4-7-32/h5,8-9,12,16-17H,4,6-7,10,13-14H2,1-3H3,(H,28,35)/t16-,17+/m1/s1. The molecular formula is C24H28N10O4. The SMILES string of the molecule is CC(C)(C)OC(=O)N1C[C@H](NC(=O)c2nnc(-c3cc(C#N)cnc3N3CCC3)o2)C[C@H]1Cn1ccnn1. The van der Waals surface area contributed by atoms with Gasteiger partial charge in [-0.15, -0.1) is 15.3 Å². The lowest BCUT2D eigenvalue weighted by Crippen LogP contribution is -2.43. The van der Waals surface area contributed by atoms with E-state index in [1.807, 2.05) is 4.90 Å². The minimum absolute atomic E-state index is 0.104. The Morgan fingerprint density at radius 1 is 1.29 bits per heavy atom.